The Balaban J connectivity index is 1.53. The number of anilines is 2. The lowest BCUT2D eigenvalue weighted by molar-refractivity contribution is -0.137. The summed E-state index contributed by atoms with van der Waals surface area (Å²) >= 11 is 0. The van der Waals surface area contributed by atoms with E-state index < -0.39 is 27.2 Å². The van der Waals surface area contributed by atoms with E-state index in [0.717, 1.165) is 25.0 Å². The predicted molar refractivity (Wildman–Crippen MR) is 138 cm³/mol. The van der Waals surface area contributed by atoms with Crippen LogP contribution in [0.3, 0.4) is 0 Å². The fourth-order valence-corrected chi connectivity index (χ4v) is 6.71. The second kappa shape index (κ2) is 9.67. The summed E-state index contributed by atoms with van der Waals surface area (Å²) in [6.07, 6.45) is -0.603. The summed E-state index contributed by atoms with van der Waals surface area (Å²) in [5, 5.41) is 18.7. The van der Waals surface area contributed by atoms with Crippen molar-refractivity contribution in [3.63, 3.8) is 0 Å². The smallest absolute Gasteiger partial charge is 0.390 e. The summed E-state index contributed by atoms with van der Waals surface area (Å²) in [7, 11) is -3.05. The van der Waals surface area contributed by atoms with Gasteiger partial charge in [-0.05, 0) is 63.6 Å². The van der Waals surface area contributed by atoms with E-state index in [2.05, 4.69) is 20.3 Å². The van der Waals surface area contributed by atoms with Crippen molar-refractivity contribution >= 4 is 32.6 Å². The monoisotopic (exact) mass is 552 g/mol. The van der Waals surface area contributed by atoms with Gasteiger partial charge in [0.05, 0.1) is 39.9 Å². The minimum Gasteiger partial charge on any atom is -0.390 e. The van der Waals surface area contributed by atoms with Crippen LogP contribution in [0.4, 0.5) is 24.9 Å². The quantitative estimate of drug-likeness (QED) is 0.492. The SMILES string of the molecule is CC(C)(O)C1CCN(c2nc(NC3CCS(=O)(=O)CC3)nc3c2cnn3-c2cccc(C(F)(F)F)c2)CC1. The van der Waals surface area contributed by atoms with Gasteiger partial charge in [-0.3, -0.25) is 0 Å². The fraction of sp³-hybridized carbons (Fsp3) is 0.560. The van der Waals surface area contributed by atoms with E-state index in [9.17, 15) is 26.7 Å². The second-order valence-electron chi connectivity index (χ2n) is 10.7. The molecule has 206 valence electrons. The molecule has 2 fully saturated rings. The average Bonchev–Trinajstić information content (AvgIpc) is 3.28. The Hall–Kier alpha value is -2.93. The normalized spacial score (nSPS) is 19.7. The molecule has 4 heterocycles. The molecule has 38 heavy (non-hydrogen) atoms. The van der Waals surface area contributed by atoms with E-state index in [1.54, 1.807) is 6.20 Å². The highest BCUT2D eigenvalue weighted by Crippen LogP contribution is 2.35. The Bertz CT molecular complexity index is 1410. The van der Waals surface area contributed by atoms with Gasteiger partial charge in [0.25, 0.3) is 0 Å². The van der Waals surface area contributed by atoms with Crippen LogP contribution in [0.1, 0.15) is 45.1 Å². The Morgan fingerprint density at radius 2 is 1.74 bits per heavy atom. The van der Waals surface area contributed by atoms with Crippen LogP contribution in [-0.4, -0.2) is 69.5 Å². The lowest BCUT2D eigenvalue weighted by atomic mass is 9.83. The van der Waals surface area contributed by atoms with Gasteiger partial charge in [0, 0.05) is 19.1 Å². The molecule has 1 aromatic carbocycles. The van der Waals surface area contributed by atoms with Gasteiger partial charge in [-0.15, -0.1) is 0 Å². The van der Waals surface area contributed by atoms with Crippen LogP contribution in [0, 0.1) is 5.92 Å². The largest absolute Gasteiger partial charge is 0.416 e. The minimum atomic E-state index is -4.50. The van der Waals surface area contributed by atoms with Crippen LogP contribution in [0.15, 0.2) is 30.5 Å². The zero-order valence-electron chi connectivity index (χ0n) is 21.2. The molecule has 0 radical (unpaired) electrons. The van der Waals surface area contributed by atoms with E-state index in [4.69, 9.17) is 4.98 Å². The van der Waals surface area contributed by atoms with Crippen LogP contribution in [0.2, 0.25) is 0 Å². The van der Waals surface area contributed by atoms with Crippen molar-refractivity contribution in [3.05, 3.63) is 36.0 Å². The van der Waals surface area contributed by atoms with Gasteiger partial charge in [-0.2, -0.15) is 28.2 Å². The van der Waals surface area contributed by atoms with Crippen molar-refractivity contribution < 1.29 is 26.7 Å². The van der Waals surface area contributed by atoms with Crippen molar-refractivity contribution in [1.29, 1.82) is 0 Å². The van der Waals surface area contributed by atoms with E-state index >= 15 is 0 Å². The van der Waals surface area contributed by atoms with Crippen LogP contribution < -0.4 is 10.2 Å². The van der Waals surface area contributed by atoms with Crippen molar-refractivity contribution in [2.45, 2.75) is 57.3 Å². The van der Waals surface area contributed by atoms with Gasteiger partial charge in [0.15, 0.2) is 5.65 Å². The number of aromatic nitrogens is 4. The van der Waals surface area contributed by atoms with Crippen molar-refractivity contribution in [1.82, 2.24) is 19.7 Å². The van der Waals surface area contributed by atoms with Crippen LogP contribution in [0.25, 0.3) is 16.7 Å². The lowest BCUT2D eigenvalue weighted by Crippen LogP contribution is -2.42. The van der Waals surface area contributed by atoms with Crippen LogP contribution in [-0.2, 0) is 16.0 Å². The standard InChI is InChI=1S/C25H31F3N6O3S/c1-24(2,35)16-6-10-33(11-7-16)21-20-15-29-34(19-5-3-4-17(14-19)25(26,27)28)22(20)32-23(31-21)30-18-8-12-38(36,37)13-9-18/h3-5,14-16,18,35H,6-13H2,1-2H3,(H,30,31,32). The number of nitrogens with zero attached hydrogens (tertiary/aromatic N) is 5. The maximum absolute atomic E-state index is 13.4. The molecule has 0 bridgehead atoms. The Labute approximate surface area is 219 Å². The molecular weight excluding hydrogens is 521 g/mol. The molecule has 0 aliphatic carbocycles. The summed E-state index contributed by atoms with van der Waals surface area (Å²) in [5.41, 5.74) is -1.02. The first kappa shape index (κ1) is 26.7. The molecule has 2 aliphatic heterocycles. The Morgan fingerprint density at radius 1 is 1.05 bits per heavy atom. The van der Waals surface area contributed by atoms with E-state index in [1.807, 2.05) is 13.8 Å². The van der Waals surface area contributed by atoms with Gasteiger partial charge >= 0.3 is 6.18 Å². The predicted octanol–water partition coefficient (Wildman–Crippen LogP) is 3.81. The topological polar surface area (TPSA) is 113 Å². The van der Waals surface area contributed by atoms with E-state index in [0.29, 0.717) is 42.8 Å². The number of piperidine rings is 1. The molecule has 0 amide bonds. The lowest BCUT2D eigenvalue weighted by Gasteiger charge is -2.38. The minimum absolute atomic E-state index is 0.0758. The zero-order chi connectivity index (χ0) is 27.3. The number of nitrogens with one attached hydrogen (secondary N) is 1. The van der Waals surface area contributed by atoms with Crippen molar-refractivity contribution in [2.75, 3.05) is 34.8 Å². The van der Waals surface area contributed by atoms with Gasteiger partial charge in [0.2, 0.25) is 5.95 Å². The summed E-state index contributed by atoms with van der Waals surface area (Å²) in [4.78, 5) is 11.5. The highest BCUT2D eigenvalue weighted by atomic mass is 32.2. The molecular formula is C25H31F3N6O3S. The molecule has 0 unspecified atom stereocenters. The van der Waals surface area contributed by atoms with E-state index in [-0.39, 0.29) is 35.1 Å². The van der Waals surface area contributed by atoms with Crippen molar-refractivity contribution in [3.8, 4) is 5.69 Å². The molecule has 2 N–H and O–H groups in total. The van der Waals surface area contributed by atoms with Crippen LogP contribution in [0.5, 0.6) is 0 Å². The van der Waals surface area contributed by atoms with Gasteiger partial charge in [0.1, 0.15) is 15.7 Å². The van der Waals surface area contributed by atoms with Gasteiger partial charge in [-0.25, -0.2) is 13.1 Å². The number of fused-ring (bicyclic) bond motifs is 1. The number of sulfone groups is 1. The Morgan fingerprint density at radius 3 is 2.37 bits per heavy atom. The number of alkyl halides is 3. The van der Waals surface area contributed by atoms with Crippen molar-refractivity contribution in [2.24, 2.45) is 5.92 Å². The second-order valence-corrected chi connectivity index (χ2v) is 13.0. The molecule has 3 aromatic rings. The molecule has 0 atom stereocenters. The molecule has 2 aromatic heterocycles. The summed E-state index contributed by atoms with van der Waals surface area (Å²) in [5.74, 6) is 1.16. The third-order valence-corrected chi connectivity index (χ3v) is 9.22. The highest BCUT2D eigenvalue weighted by molar-refractivity contribution is 7.91. The number of hydrogen-bond donors (Lipinski definition) is 2. The number of benzene rings is 1. The zero-order valence-corrected chi connectivity index (χ0v) is 22.1. The first-order chi connectivity index (χ1) is 17.8. The van der Waals surface area contributed by atoms with Gasteiger partial charge < -0.3 is 15.3 Å². The first-order valence-electron chi connectivity index (χ1n) is 12.7. The molecule has 13 heteroatoms. The molecule has 0 saturated carbocycles. The molecule has 5 rings (SSSR count). The maximum atomic E-state index is 13.4. The Kier molecular flexibility index (Phi) is 6.79. The number of aliphatic hydroxyl groups is 1. The molecule has 9 nitrogen and oxygen atoms in total. The summed E-state index contributed by atoms with van der Waals surface area (Å²) < 4.78 is 65.3. The summed E-state index contributed by atoms with van der Waals surface area (Å²) in [6.45, 7) is 4.89. The summed E-state index contributed by atoms with van der Waals surface area (Å²) in [6, 6.07) is 4.76. The number of hydrogen-bond acceptors (Lipinski definition) is 8. The van der Waals surface area contributed by atoms with Crippen LogP contribution >= 0.6 is 0 Å². The number of halogens is 3. The fourth-order valence-electron chi connectivity index (χ4n) is 5.22. The van der Waals surface area contributed by atoms with Gasteiger partial charge in [-0.1, -0.05) is 6.07 Å². The molecule has 2 aliphatic rings. The van der Waals surface area contributed by atoms with E-state index in [1.165, 1.54) is 16.8 Å². The number of rotatable bonds is 5. The molecule has 0 spiro atoms. The average molecular weight is 553 g/mol. The highest BCUT2D eigenvalue weighted by Gasteiger charge is 2.33. The third-order valence-electron chi connectivity index (χ3n) is 7.51. The third kappa shape index (κ3) is 5.58. The molecule has 2 saturated heterocycles. The maximum Gasteiger partial charge on any atom is 0.416 e. The first-order valence-corrected chi connectivity index (χ1v) is 14.5.